The molecule has 1 amide bonds. The first-order chi connectivity index (χ1) is 9.66. The van der Waals surface area contributed by atoms with Crippen molar-refractivity contribution in [3.63, 3.8) is 0 Å². The molecule has 112 valence electrons. The number of aliphatic carboxylic acids is 1. The molecular formula is C13H20N2O4S. The molecule has 0 radical (unpaired) electrons. The summed E-state index contributed by atoms with van der Waals surface area (Å²) in [5, 5.41) is 12.6. The van der Waals surface area contributed by atoms with Gasteiger partial charge in [-0.15, -0.1) is 11.8 Å². The maximum atomic E-state index is 12.5. The van der Waals surface area contributed by atoms with Gasteiger partial charge in [0.05, 0.1) is 24.5 Å². The highest BCUT2D eigenvalue weighted by Gasteiger charge is 2.48. The van der Waals surface area contributed by atoms with Crippen molar-refractivity contribution in [3.8, 4) is 0 Å². The number of carboxylic acid groups (broad SMARTS) is 1. The van der Waals surface area contributed by atoms with Gasteiger partial charge in [-0.05, 0) is 18.8 Å². The maximum absolute atomic E-state index is 12.5. The Bertz CT molecular complexity index is 396. The predicted molar refractivity (Wildman–Crippen MR) is 74.5 cm³/mol. The van der Waals surface area contributed by atoms with Gasteiger partial charge in [-0.25, -0.2) is 4.79 Å². The van der Waals surface area contributed by atoms with Crippen LogP contribution in [-0.2, 0) is 14.3 Å². The van der Waals surface area contributed by atoms with Crippen LogP contribution in [0.15, 0.2) is 0 Å². The number of carbonyl (C=O) groups is 2. The summed E-state index contributed by atoms with van der Waals surface area (Å²) in [6.45, 7) is 2.09. The predicted octanol–water partition coefficient (Wildman–Crippen LogP) is 0.130. The van der Waals surface area contributed by atoms with E-state index in [4.69, 9.17) is 4.74 Å². The fourth-order valence-electron chi connectivity index (χ4n) is 2.83. The summed E-state index contributed by atoms with van der Waals surface area (Å²) in [6, 6.07) is -0.672. The molecule has 2 N–H and O–H groups in total. The van der Waals surface area contributed by atoms with Crippen LogP contribution in [0.25, 0.3) is 0 Å². The molecule has 0 bridgehead atoms. The van der Waals surface area contributed by atoms with Gasteiger partial charge in [-0.2, -0.15) is 0 Å². The summed E-state index contributed by atoms with van der Waals surface area (Å²) >= 11 is 1.62. The van der Waals surface area contributed by atoms with Crippen molar-refractivity contribution in [2.75, 3.05) is 25.4 Å². The number of morpholine rings is 1. The lowest BCUT2D eigenvalue weighted by Crippen LogP contribution is -2.49. The molecule has 0 aromatic carbocycles. The van der Waals surface area contributed by atoms with E-state index in [0.717, 1.165) is 19.4 Å². The second kappa shape index (κ2) is 5.91. The Kier molecular flexibility index (Phi) is 4.18. The van der Waals surface area contributed by atoms with E-state index in [1.807, 2.05) is 0 Å². The third kappa shape index (κ3) is 2.94. The van der Waals surface area contributed by atoms with Crippen LogP contribution in [0.4, 0.5) is 0 Å². The van der Waals surface area contributed by atoms with Gasteiger partial charge in [0.15, 0.2) is 0 Å². The largest absolute Gasteiger partial charge is 0.480 e. The van der Waals surface area contributed by atoms with Crippen LogP contribution in [0.3, 0.4) is 0 Å². The minimum absolute atomic E-state index is 0.0557. The van der Waals surface area contributed by atoms with E-state index >= 15 is 0 Å². The molecule has 2 aliphatic heterocycles. The number of thioether (sulfide) groups is 1. The summed E-state index contributed by atoms with van der Waals surface area (Å²) in [5.41, 5.74) is 0. The number of hydrogen-bond donors (Lipinski definition) is 2. The molecule has 3 aliphatic rings. The average molecular weight is 300 g/mol. The number of amides is 1. The zero-order valence-electron chi connectivity index (χ0n) is 11.3. The molecule has 3 rings (SSSR count). The van der Waals surface area contributed by atoms with Gasteiger partial charge in [0.2, 0.25) is 5.91 Å². The number of carbonyl (C=O) groups excluding carboxylic acids is 1. The minimum atomic E-state index is -0.892. The molecule has 2 heterocycles. The number of nitrogens with one attached hydrogen (secondary N) is 1. The van der Waals surface area contributed by atoms with Crippen LogP contribution < -0.4 is 5.32 Å². The van der Waals surface area contributed by atoms with E-state index < -0.39 is 12.0 Å². The van der Waals surface area contributed by atoms with E-state index in [1.54, 1.807) is 16.7 Å². The van der Waals surface area contributed by atoms with Crippen LogP contribution in [0.2, 0.25) is 0 Å². The lowest BCUT2D eigenvalue weighted by molar-refractivity contribution is -0.150. The Morgan fingerprint density at radius 2 is 2.20 bits per heavy atom. The first kappa shape index (κ1) is 14.2. The Morgan fingerprint density at radius 1 is 1.40 bits per heavy atom. The molecule has 1 aliphatic carbocycles. The van der Waals surface area contributed by atoms with Crippen LogP contribution >= 0.6 is 11.8 Å². The van der Waals surface area contributed by atoms with E-state index in [1.165, 1.54) is 0 Å². The summed E-state index contributed by atoms with van der Waals surface area (Å²) < 4.78 is 5.55. The van der Waals surface area contributed by atoms with Gasteiger partial charge in [0, 0.05) is 18.8 Å². The van der Waals surface area contributed by atoms with Crippen molar-refractivity contribution >= 4 is 23.6 Å². The molecule has 2 saturated heterocycles. The number of hydrogen-bond acceptors (Lipinski definition) is 5. The number of ether oxygens (including phenoxy) is 1. The van der Waals surface area contributed by atoms with Gasteiger partial charge >= 0.3 is 5.97 Å². The smallest absolute Gasteiger partial charge is 0.327 e. The molecular weight excluding hydrogens is 280 g/mol. The van der Waals surface area contributed by atoms with Gasteiger partial charge in [-0.3, -0.25) is 4.79 Å². The summed E-state index contributed by atoms with van der Waals surface area (Å²) in [6.07, 6.45) is 2.36. The van der Waals surface area contributed by atoms with Gasteiger partial charge in [0.25, 0.3) is 0 Å². The SMILES string of the molecule is O=C(O)C1CSC(C2CC2)N1C(=O)CC1CNCCO1. The lowest BCUT2D eigenvalue weighted by Gasteiger charge is -2.30. The normalized spacial score (nSPS) is 34.2. The topological polar surface area (TPSA) is 78.9 Å². The van der Waals surface area contributed by atoms with Crippen LogP contribution in [0.5, 0.6) is 0 Å². The quantitative estimate of drug-likeness (QED) is 0.768. The minimum Gasteiger partial charge on any atom is -0.480 e. The molecule has 0 aromatic heterocycles. The number of rotatable bonds is 4. The van der Waals surface area contributed by atoms with Crippen LogP contribution in [0, 0.1) is 5.92 Å². The number of nitrogens with zero attached hydrogens (tertiary/aromatic N) is 1. The lowest BCUT2D eigenvalue weighted by atomic mass is 10.1. The van der Waals surface area contributed by atoms with Gasteiger partial charge in [-0.1, -0.05) is 0 Å². The fraction of sp³-hybridized carbons (Fsp3) is 0.846. The van der Waals surface area contributed by atoms with E-state index in [0.29, 0.717) is 24.8 Å². The molecule has 0 aromatic rings. The molecule has 20 heavy (non-hydrogen) atoms. The van der Waals surface area contributed by atoms with Crippen molar-refractivity contribution in [2.24, 2.45) is 5.92 Å². The zero-order chi connectivity index (χ0) is 14.1. The molecule has 3 fully saturated rings. The highest BCUT2D eigenvalue weighted by Crippen LogP contribution is 2.45. The summed E-state index contributed by atoms with van der Waals surface area (Å²) in [5.74, 6) is 0.0230. The van der Waals surface area contributed by atoms with E-state index in [9.17, 15) is 14.7 Å². The third-order valence-corrected chi connectivity index (χ3v) is 5.50. The van der Waals surface area contributed by atoms with Crippen LogP contribution in [0.1, 0.15) is 19.3 Å². The van der Waals surface area contributed by atoms with E-state index in [2.05, 4.69) is 5.32 Å². The standard InChI is InChI=1S/C13H20N2O4S/c16-11(5-9-6-14-3-4-19-9)15-10(13(17)18)7-20-12(15)8-1-2-8/h8-10,12,14H,1-7H2,(H,17,18). The van der Waals surface area contributed by atoms with Crippen molar-refractivity contribution < 1.29 is 19.4 Å². The molecule has 3 unspecified atom stereocenters. The Hall–Kier alpha value is -0.790. The van der Waals surface area contributed by atoms with Gasteiger partial charge in [0.1, 0.15) is 6.04 Å². The average Bonchev–Trinajstić information content (AvgIpc) is 3.17. The van der Waals surface area contributed by atoms with E-state index in [-0.39, 0.29) is 23.8 Å². The Labute approximate surface area is 122 Å². The summed E-state index contributed by atoms with van der Waals surface area (Å²) in [7, 11) is 0. The highest BCUT2D eigenvalue weighted by molar-refractivity contribution is 8.00. The number of carboxylic acids is 1. The Morgan fingerprint density at radius 3 is 2.80 bits per heavy atom. The monoisotopic (exact) mass is 300 g/mol. The molecule has 6 nitrogen and oxygen atoms in total. The summed E-state index contributed by atoms with van der Waals surface area (Å²) in [4.78, 5) is 25.5. The van der Waals surface area contributed by atoms with Crippen molar-refractivity contribution in [2.45, 2.75) is 36.8 Å². The Balaban J connectivity index is 1.66. The highest BCUT2D eigenvalue weighted by atomic mass is 32.2. The fourth-order valence-corrected chi connectivity index (χ4v) is 4.48. The second-order valence-corrected chi connectivity index (χ2v) is 6.77. The molecule has 7 heteroatoms. The van der Waals surface area contributed by atoms with Crippen molar-refractivity contribution in [1.82, 2.24) is 10.2 Å². The van der Waals surface area contributed by atoms with Crippen LogP contribution in [-0.4, -0.2) is 64.9 Å². The molecule has 0 spiro atoms. The zero-order valence-corrected chi connectivity index (χ0v) is 12.1. The first-order valence-corrected chi connectivity index (χ1v) is 8.19. The van der Waals surface area contributed by atoms with Gasteiger partial charge < -0.3 is 20.1 Å². The molecule has 3 atom stereocenters. The van der Waals surface area contributed by atoms with Crippen molar-refractivity contribution in [1.29, 1.82) is 0 Å². The van der Waals surface area contributed by atoms with Crippen molar-refractivity contribution in [3.05, 3.63) is 0 Å². The second-order valence-electron chi connectivity index (χ2n) is 5.62. The molecule has 1 saturated carbocycles. The maximum Gasteiger partial charge on any atom is 0.327 e. The first-order valence-electron chi connectivity index (χ1n) is 7.14. The third-order valence-electron chi connectivity index (χ3n) is 4.04.